The molecule has 0 unspecified atom stereocenters. The molecule has 0 atom stereocenters. The molecule has 1 heterocycles. The summed E-state index contributed by atoms with van der Waals surface area (Å²) in [6.07, 6.45) is 6.42. The van der Waals surface area contributed by atoms with Crippen molar-refractivity contribution in [3.8, 4) is 0 Å². The van der Waals surface area contributed by atoms with E-state index in [1.54, 1.807) is 0 Å². The molecule has 1 saturated carbocycles. The first-order chi connectivity index (χ1) is 7.06. The molecule has 0 bridgehead atoms. The number of carboxylic acid groups (broad SMARTS) is 1. The first-order valence-electron chi connectivity index (χ1n) is 6.01. The minimum atomic E-state index is -0.605. The Kier molecular flexibility index (Phi) is 2.75. The Bertz CT molecular complexity index is 246. The lowest BCUT2D eigenvalue weighted by Crippen LogP contribution is -2.43. The summed E-state index contributed by atoms with van der Waals surface area (Å²) in [5.74, 6) is -0.605. The monoisotopic (exact) mass is 211 g/mol. The predicted molar refractivity (Wildman–Crippen MR) is 58.7 cm³/mol. The number of aliphatic carboxylic acids is 1. The number of rotatable bonds is 1. The highest BCUT2D eigenvalue weighted by Gasteiger charge is 2.44. The minimum Gasteiger partial charge on any atom is -0.481 e. The topological polar surface area (TPSA) is 49.3 Å². The van der Waals surface area contributed by atoms with Crippen molar-refractivity contribution in [3.05, 3.63) is 0 Å². The Labute approximate surface area is 91.2 Å². The molecule has 0 aromatic heterocycles. The van der Waals surface area contributed by atoms with Gasteiger partial charge in [-0.3, -0.25) is 4.79 Å². The summed E-state index contributed by atoms with van der Waals surface area (Å²) in [7, 11) is 0. The molecule has 0 aromatic rings. The molecule has 1 spiro atoms. The van der Waals surface area contributed by atoms with E-state index in [0.717, 1.165) is 38.8 Å². The Morgan fingerprint density at radius 2 is 1.60 bits per heavy atom. The normalized spacial score (nSPS) is 28.9. The molecular weight excluding hydrogens is 190 g/mol. The number of hydrogen-bond donors (Lipinski definition) is 2. The summed E-state index contributed by atoms with van der Waals surface area (Å²) < 4.78 is 0. The fraction of sp³-hybridized carbons (Fsp3) is 0.917. The quantitative estimate of drug-likeness (QED) is 0.697. The molecule has 2 rings (SSSR count). The average molecular weight is 211 g/mol. The first kappa shape index (κ1) is 10.9. The zero-order valence-electron chi connectivity index (χ0n) is 9.51. The molecule has 3 nitrogen and oxygen atoms in total. The van der Waals surface area contributed by atoms with E-state index in [1.165, 1.54) is 12.8 Å². The summed E-state index contributed by atoms with van der Waals surface area (Å²) in [5, 5.41) is 12.6. The van der Waals surface area contributed by atoms with Crippen molar-refractivity contribution in [3.63, 3.8) is 0 Å². The van der Waals surface area contributed by atoms with Crippen molar-refractivity contribution in [2.45, 2.75) is 45.4 Å². The molecule has 86 valence electrons. The van der Waals surface area contributed by atoms with Gasteiger partial charge in [-0.25, -0.2) is 0 Å². The first-order valence-corrected chi connectivity index (χ1v) is 6.01. The van der Waals surface area contributed by atoms with Crippen LogP contribution in [0.3, 0.4) is 0 Å². The number of hydrogen-bond acceptors (Lipinski definition) is 2. The fourth-order valence-electron chi connectivity index (χ4n) is 3.00. The van der Waals surface area contributed by atoms with Gasteiger partial charge in [-0.05, 0) is 64.0 Å². The highest BCUT2D eigenvalue weighted by atomic mass is 16.4. The van der Waals surface area contributed by atoms with Gasteiger partial charge in [-0.15, -0.1) is 0 Å². The molecule has 3 heteroatoms. The summed E-state index contributed by atoms with van der Waals surface area (Å²) in [6, 6.07) is 0. The predicted octanol–water partition coefficient (Wildman–Crippen LogP) is 2.02. The second-order valence-corrected chi connectivity index (χ2v) is 5.62. The van der Waals surface area contributed by atoms with Crippen LogP contribution < -0.4 is 5.32 Å². The molecule has 1 aliphatic carbocycles. The van der Waals surface area contributed by atoms with Crippen molar-refractivity contribution in [1.82, 2.24) is 5.32 Å². The van der Waals surface area contributed by atoms with E-state index < -0.39 is 11.4 Å². The van der Waals surface area contributed by atoms with Gasteiger partial charge in [0, 0.05) is 0 Å². The smallest absolute Gasteiger partial charge is 0.309 e. The molecule has 1 aliphatic heterocycles. The van der Waals surface area contributed by atoms with E-state index in [4.69, 9.17) is 0 Å². The van der Waals surface area contributed by atoms with Gasteiger partial charge in [-0.2, -0.15) is 0 Å². The van der Waals surface area contributed by atoms with Gasteiger partial charge in [0.15, 0.2) is 0 Å². The SMILES string of the molecule is CC1(C(=O)O)CCC2(CCNCC2)CC1. The lowest BCUT2D eigenvalue weighted by Gasteiger charge is -2.45. The van der Waals surface area contributed by atoms with Crippen molar-refractivity contribution in [1.29, 1.82) is 0 Å². The van der Waals surface area contributed by atoms with E-state index in [1.807, 2.05) is 6.92 Å². The average Bonchev–Trinajstić information content (AvgIpc) is 2.24. The largest absolute Gasteiger partial charge is 0.481 e. The molecule has 0 aromatic carbocycles. The van der Waals surface area contributed by atoms with Gasteiger partial charge >= 0.3 is 5.97 Å². The van der Waals surface area contributed by atoms with Crippen LogP contribution in [0.15, 0.2) is 0 Å². The third kappa shape index (κ3) is 2.03. The van der Waals surface area contributed by atoms with Crippen molar-refractivity contribution >= 4 is 5.97 Å². The highest BCUT2D eigenvalue weighted by molar-refractivity contribution is 5.74. The van der Waals surface area contributed by atoms with Gasteiger partial charge in [-0.1, -0.05) is 0 Å². The summed E-state index contributed by atoms with van der Waals surface area (Å²) in [4.78, 5) is 11.1. The van der Waals surface area contributed by atoms with Crippen LogP contribution in [0.25, 0.3) is 0 Å². The van der Waals surface area contributed by atoms with Crippen LogP contribution >= 0.6 is 0 Å². The molecule has 2 N–H and O–H groups in total. The van der Waals surface area contributed by atoms with Crippen LogP contribution in [0.4, 0.5) is 0 Å². The van der Waals surface area contributed by atoms with Crippen molar-refractivity contribution in [2.24, 2.45) is 10.8 Å². The number of nitrogens with one attached hydrogen (secondary N) is 1. The van der Waals surface area contributed by atoms with Crippen LogP contribution in [-0.4, -0.2) is 24.2 Å². The number of piperidine rings is 1. The molecule has 2 aliphatic rings. The second kappa shape index (κ2) is 3.78. The van der Waals surface area contributed by atoms with E-state index in [-0.39, 0.29) is 0 Å². The van der Waals surface area contributed by atoms with E-state index in [0.29, 0.717) is 5.41 Å². The van der Waals surface area contributed by atoms with E-state index in [9.17, 15) is 9.90 Å². The van der Waals surface area contributed by atoms with Gasteiger partial charge in [0.25, 0.3) is 0 Å². The Balaban J connectivity index is 1.99. The molecule has 0 amide bonds. The fourth-order valence-corrected chi connectivity index (χ4v) is 3.00. The summed E-state index contributed by atoms with van der Waals surface area (Å²) >= 11 is 0. The lowest BCUT2D eigenvalue weighted by molar-refractivity contribution is -0.151. The Morgan fingerprint density at radius 1 is 1.07 bits per heavy atom. The zero-order valence-corrected chi connectivity index (χ0v) is 9.51. The number of carboxylic acids is 1. The Morgan fingerprint density at radius 3 is 2.07 bits per heavy atom. The summed E-state index contributed by atoms with van der Waals surface area (Å²) in [5.41, 5.74) is 0.0241. The lowest BCUT2D eigenvalue weighted by atomic mass is 9.61. The van der Waals surface area contributed by atoms with Crippen molar-refractivity contribution in [2.75, 3.05) is 13.1 Å². The molecule has 15 heavy (non-hydrogen) atoms. The maximum absolute atomic E-state index is 11.1. The van der Waals surface area contributed by atoms with Gasteiger partial charge < -0.3 is 10.4 Å². The van der Waals surface area contributed by atoms with Crippen LogP contribution in [0, 0.1) is 10.8 Å². The minimum absolute atomic E-state index is 0.448. The third-order valence-corrected chi connectivity index (χ3v) is 4.59. The summed E-state index contributed by atoms with van der Waals surface area (Å²) in [6.45, 7) is 4.14. The zero-order chi connectivity index (χ0) is 10.9. The van der Waals surface area contributed by atoms with Crippen LogP contribution in [0.1, 0.15) is 45.4 Å². The van der Waals surface area contributed by atoms with Gasteiger partial charge in [0.2, 0.25) is 0 Å². The van der Waals surface area contributed by atoms with E-state index in [2.05, 4.69) is 5.32 Å². The number of carbonyl (C=O) groups is 1. The highest BCUT2D eigenvalue weighted by Crippen LogP contribution is 2.49. The standard InChI is InChI=1S/C12H21NO2/c1-11(10(14)15)2-4-12(5-3-11)6-8-13-9-7-12/h13H,2-9H2,1H3,(H,14,15). The molecule has 0 radical (unpaired) electrons. The Hall–Kier alpha value is -0.570. The maximum atomic E-state index is 11.1. The van der Waals surface area contributed by atoms with Gasteiger partial charge in [0.1, 0.15) is 0 Å². The molecular formula is C12H21NO2. The second-order valence-electron chi connectivity index (χ2n) is 5.62. The van der Waals surface area contributed by atoms with Crippen LogP contribution in [0.5, 0.6) is 0 Å². The van der Waals surface area contributed by atoms with Gasteiger partial charge in [0.05, 0.1) is 5.41 Å². The molecule has 2 fully saturated rings. The maximum Gasteiger partial charge on any atom is 0.309 e. The van der Waals surface area contributed by atoms with Crippen LogP contribution in [-0.2, 0) is 4.79 Å². The molecule has 1 saturated heterocycles. The van der Waals surface area contributed by atoms with Crippen molar-refractivity contribution < 1.29 is 9.90 Å². The van der Waals surface area contributed by atoms with E-state index >= 15 is 0 Å². The van der Waals surface area contributed by atoms with Crippen LogP contribution in [0.2, 0.25) is 0 Å². The third-order valence-electron chi connectivity index (χ3n) is 4.59.